The number of anilines is 1. The normalized spacial score (nSPS) is 10.6. The minimum absolute atomic E-state index is 0.149. The number of benzene rings is 1. The van der Waals surface area contributed by atoms with Crippen molar-refractivity contribution in [2.24, 2.45) is 5.73 Å². The Morgan fingerprint density at radius 3 is 2.81 bits per heavy atom. The van der Waals surface area contributed by atoms with E-state index in [-0.39, 0.29) is 5.91 Å². The average Bonchev–Trinajstić information content (AvgIpc) is 2.64. The van der Waals surface area contributed by atoms with Gasteiger partial charge in [0, 0.05) is 23.2 Å². The van der Waals surface area contributed by atoms with Gasteiger partial charge in [0.05, 0.1) is 5.69 Å². The van der Waals surface area contributed by atoms with E-state index < -0.39 is 0 Å². The Kier molecular flexibility index (Phi) is 3.07. The number of amides is 1. The molecule has 0 unspecified atom stereocenters. The average molecular weight is 235 g/mol. The first-order valence-electron chi connectivity index (χ1n) is 4.99. The zero-order valence-electron chi connectivity index (χ0n) is 8.69. The molecule has 0 bridgehead atoms. The van der Waals surface area contributed by atoms with Crippen LogP contribution in [0.25, 0.3) is 10.1 Å². The fourth-order valence-corrected chi connectivity index (χ4v) is 2.54. The van der Waals surface area contributed by atoms with Crippen LogP contribution in [0, 0.1) is 0 Å². The molecule has 0 aliphatic carbocycles. The van der Waals surface area contributed by atoms with Crippen LogP contribution < -0.4 is 16.8 Å². The van der Waals surface area contributed by atoms with Gasteiger partial charge in [-0.25, -0.2) is 0 Å². The molecule has 0 spiro atoms. The minimum Gasteiger partial charge on any atom is -0.397 e. The number of fused-ring (bicyclic) bond motifs is 1. The maximum atomic E-state index is 11.8. The van der Waals surface area contributed by atoms with E-state index in [1.807, 2.05) is 24.3 Å². The van der Waals surface area contributed by atoms with Crippen molar-refractivity contribution < 1.29 is 4.79 Å². The second-order valence-electron chi connectivity index (χ2n) is 3.39. The van der Waals surface area contributed by atoms with Gasteiger partial charge in [-0.3, -0.25) is 4.79 Å². The number of nitrogens with one attached hydrogen (secondary N) is 1. The van der Waals surface area contributed by atoms with Gasteiger partial charge in [0.1, 0.15) is 4.88 Å². The summed E-state index contributed by atoms with van der Waals surface area (Å²) < 4.78 is 1.03. The van der Waals surface area contributed by atoms with Crippen LogP contribution in [0.3, 0.4) is 0 Å². The third-order valence-electron chi connectivity index (χ3n) is 2.27. The van der Waals surface area contributed by atoms with Crippen LogP contribution in [0.1, 0.15) is 9.67 Å². The molecule has 84 valence electrons. The first-order chi connectivity index (χ1) is 7.74. The van der Waals surface area contributed by atoms with E-state index in [1.54, 1.807) is 0 Å². The lowest BCUT2D eigenvalue weighted by Gasteiger charge is -2.01. The number of hydrogen-bond donors (Lipinski definition) is 3. The van der Waals surface area contributed by atoms with Gasteiger partial charge in [0.15, 0.2) is 0 Å². The predicted molar refractivity (Wildman–Crippen MR) is 67.6 cm³/mol. The van der Waals surface area contributed by atoms with Crippen LogP contribution in [0.2, 0.25) is 0 Å². The first-order valence-corrected chi connectivity index (χ1v) is 5.81. The molecule has 0 atom stereocenters. The molecule has 1 aromatic heterocycles. The van der Waals surface area contributed by atoms with E-state index in [9.17, 15) is 4.79 Å². The zero-order valence-corrected chi connectivity index (χ0v) is 9.51. The third kappa shape index (κ3) is 1.87. The predicted octanol–water partition coefficient (Wildman–Crippen LogP) is 1.17. The smallest absolute Gasteiger partial charge is 0.263 e. The molecule has 1 amide bonds. The quantitative estimate of drug-likeness (QED) is 0.747. The van der Waals surface area contributed by atoms with Gasteiger partial charge < -0.3 is 16.8 Å². The fraction of sp³-hybridized carbons (Fsp3) is 0.182. The Labute approximate surface area is 97.2 Å². The summed E-state index contributed by atoms with van der Waals surface area (Å²) in [5.41, 5.74) is 11.8. The standard InChI is InChI=1S/C11H13N3OS/c12-5-6-14-11(15)10-9(13)7-3-1-2-4-8(7)16-10/h1-4H,5-6,12-13H2,(H,14,15). The van der Waals surface area contributed by atoms with Crippen molar-refractivity contribution in [3.05, 3.63) is 29.1 Å². The van der Waals surface area contributed by atoms with Gasteiger partial charge in [-0.2, -0.15) is 0 Å². The molecule has 0 aliphatic rings. The molecule has 0 saturated carbocycles. The molecule has 2 rings (SSSR count). The van der Waals surface area contributed by atoms with Gasteiger partial charge >= 0.3 is 0 Å². The molecule has 1 aromatic carbocycles. The number of nitrogens with two attached hydrogens (primary N) is 2. The van der Waals surface area contributed by atoms with Crippen LogP contribution in [0.15, 0.2) is 24.3 Å². The molecule has 0 saturated heterocycles. The maximum Gasteiger partial charge on any atom is 0.263 e. The van der Waals surface area contributed by atoms with Crippen LogP contribution in [0.5, 0.6) is 0 Å². The summed E-state index contributed by atoms with van der Waals surface area (Å²) in [6.45, 7) is 0.892. The van der Waals surface area contributed by atoms with Gasteiger partial charge in [-0.05, 0) is 6.07 Å². The number of rotatable bonds is 3. The zero-order chi connectivity index (χ0) is 11.5. The Morgan fingerprint density at radius 2 is 2.12 bits per heavy atom. The molecule has 1 heterocycles. The molecule has 4 nitrogen and oxygen atoms in total. The second kappa shape index (κ2) is 4.51. The highest BCUT2D eigenvalue weighted by atomic mass is 32.1. The van der Waals surface area contributed by atoms with Crippen molar-refractivity contribution in [3.8, 4) is 0 Å². The van der Waals surface area contributed by atoms with Crippen molar-refractivity contribution in [1.29, 1.82) is 0 Å². The van der Waals surface area contributed by atoms with E-state index in [0.717, 1.165) is 10.1 Å². The summed E-state index contributed by atoms with van der Waals surface area (Å²) in [5.74, 6) is -0.149. The summed E-state index contributed by atoms with van der Waals surface area (Å²) in [4.78, 5) is 12.3. The lowest BCUT2D eigenvalue weighted by Crippen LogP contribution is -2.28. The Bertz CT molecular complexity index is 521. The van der Waals surface area contributed by atoms with Gasteiger partial charge in [-0.15, -0.1) is 11.3 Å². The van der Waals surface area contributed by atoms with Gasteiger partial charge in [0.2, 0.25) is 0 Å². The van der Waals surface area contributed by atoms with Crippen molar-refractivity contribution in [1.82, 2.24) is 5.32 Å². The van der Waals surface area contributed by atoms with Crippen molar-refractivity contribution in [2.45, 2.75) is 0 Å². The van der Waals surface area contributed by atoms with Crippen molar-refractivity contribution >= 4 is 33.0 Å². The van der Waals surface area contributed by atoms with E-state index in [0.29, 0.717) is 23.7 Å². The van der Waals surface area contributed by atoms with Gasteiger partial charge in [0.25, 0.3) is 5.91 Å². The Balaban J connectivity index is 2.37. The summed E-state index contributed by atoms with van der Waals surface area (Å²) >= 11 is 1.40. The molecule has 0 radical (unpaired) electrons. The number of nitrogen functional groups attached to an aromatic ring is 1. The number of thiophene rings is 1. The SMILES string of the molecule is NCCNC(=O)c1sc2ccccc2c1N. The summed E-state index contributed by atoms with van der Waals surface area (Å²) in [7, 11) is 0. The third-order valence-corrected chi connectivity index (χ3v) is 3.46. The van der Waals surface area contributed by atoms with Crippen LogP contribution in [-0.2, 0) is 0 Å². The summed E-state index contributed by atoms with van der Waals surface area (Å²) in [5, 5.41) is 3.65. The van der Waals surface area contributed by atoms with Crippen LogP contribution >= 0.6 is 11.3 Å². The molecular weight excluding hydrogens is 222 g/mol. The topological polar surface area (TPSA) is 81.1 Å². The van der Waals surface area contributed by atoms with Gasteiger partial charge in [-0.1, -0.05) is 18.2 Å². The van der Waals surface area contributed by atoms with Crippen LogP contribution in [-0.4, -0.2) is 19.0 Å². The fourth-order valence-electron chi connectivity index (χ4n) is 1.50. The molecule has 16 heavy (non-hydrogen) atoms. The monoisotopic (exact) mass is 235 g/mol. The molecule has 0 aliphatic heterocycles. The molecule has 5 heteroatoms. The minimum atomic E-state index is -0.149. The first kappa shape index (κ1) is 10.9. The highest BCUT2D eigenvalue weighted by Gasteiger charge is 2.14. The molecule has 2 aromatic rings. The summed E-state index contributed by atoms with van der Waals surface area (Å²) in [6, 6.07) is 7.71. The lowest BCUT2D eigenvalue weighted by atomic mass is 10.2. The molecule has 5 N–H and O–H groups in total. The van der Waals surface area contributed by atoms with E-state index in [4.69, 9.17) is 11.5 Å². The van der Waals surface area contributed by atoms with Crippen LogP contribution in [0.4, 0.5) is 5.69 Å². The number of carbonyl (C=O) groups excluding carboxylic acids is 1. The number of carbonyl (C=O) groups is 1. The van der Waals surface area contributed by atoms with Crippen molar-refractivity contribution in [3.63, 3.8) is 0 Å². The Hall–Kier alpha value is -1.59. The van der Waals surface area contributed by atoms with E-state index in [2.05, 4.69) is 5.32 Å². The number of hydrogen-bond acceptors (Lipinski definition) is 4. The maximum absolute atomic E-state index is 11.8. The largest absolute Gasteiger partial charge is 0.397 e. The summed E-state index contributed by atoms with van der Waals surface area (Å²) in [6.07, 6.45) is 0. The highest BCUT2D eigenvalue weighted by molar-refractivity contribution is 7.21. The molecular formula is C11H13N3OS. The second-order valence-corrected chi connectivity index (χ2v) is 4.44. The van der Waals surface area contributed by atoms with Crippen molar-refractivity contribution in [2.75, 3.05) is 18.8 Å². The lowest BCUT2D eigenvalue weighted by molar-refractivity contribution is 0.0959. The molecule has 0 fully saturated rings. The van der Waals surface area contributed by atoms with E-state index >= 15 is 0 Å². The highest BCUT2D eigenvalue weighted by Crippen LogP contribution is 2.33. The van der Waals surface area contributed by atoms with E-state index in [1.165, 1.54) is 11.3 Å². The Morgan fingerprint density at radius 1 is 1.38 bits per heavy atom.